The molecule has 2 amide bonds. The van der Waals surface area contributed by atoms with E-state index in [1.165, 1.54) is 5.56 Å². The number of rotatable bonds is 2. The molecule has 1 saturated heterocycles. The quantitative estimate of drug-likeness (QED) is 0.892. The number of benzene rings is 2. The zero-order valence-corrected chi connectivity index (χ0v) is 13.8. The minimum absolute atomic E-state index is 0.0828. The van der Waals surface area contributed by atoms with E-state index in [-0.39, 0.29) is 12.8 Å². The highest BCUT2D eigenvalue weighted by atomic mass is 35.5. The van der Waals surface area contributed by atoms with Crippen LogP contribution >= 0.6 is 11.6 Å². The summed E-state index contributed by atoms with van der Waals surface area (Å²) < 4.78 is 10.8. The smallest absolute Gasteiger partial charge is 0.321 e. The lowest BCUT2D eigenvalue weighted by Crippen LogP contribution is -2.32. The lowest BCUT2D eigenvalue weighted by atomic mass is 9.98. The third-order valence-electron chi connectivity index (χ3n) is 4.44. The molecule has 0 spiro atoms. The lowest BCUT2D eigenvalue weighted by molar-refractivity contribution is 0.174. The number of anilines is 1. The van der Waals surface area contributed by atoms with Crippen LogP contribution in [0.5, 0.6) is 11.5 Å². The fraction of sp³-hybridized carbons (Fsp3) is 0.278. The summed E-state index contributed by atoms with van der Waals surface area (Å²) in [6, 6.07) is 13.0. The van der Waals surface area contributed by atoms with Gasteiger partial charge in [-0.2, -0.15) is 0 Å². The number of hydrogen-bond acceptors (Lipinski definition) is 3. The molecule has 1 atom stereocenters. The molecule has 0 aliphatic carbocycles. The monoisotopic (exact) mass is 344 g/mol. The van der Waals surface area contributed by atoms with Gasteiger partial charge in [0.1, 0.15) is 0 Å². The minimum Gasteiger partial charge on any atom is -0.454 e. The summed E-state index contributed by atoms with van der Waals surface area (Å²) in [5, 5.41) is 3.56. The molecule has 2 aromatic rings. The van der Waals surface area contributed by atoms with Crippen LogP contribution < -0.4 is 14.8 Å². The van der Waals surface area contributed by atoms with Gasteiger partial charge in [-0.25, -0.2) is 4.79 Å². The first kappa shape index (κ1) is 15.1. The summed E-state index contributed by atoms with van der Waals surface area (Å²) in [5.41, 5.74) is 1.93. The molecule has 5 nitrogen and oxygen atoms in total. The zero-order valence-electron chi connectivity index (χ0n) is 13.0. The summed E-state index contributed by atoms with van der Waals surface area (Å²) >= 11 is 5.86. The number of likely N-dealkylation sites (tertiary alicyclic amines) is 1. The SMILES string of the molecule is O=C(Nc1ccc(Cl)cc1)N1CCC(c2ccc3c(c2)OCO3)C1. The van der Waals surface area contributed by atoms with Gasteiger partial charge in [0.25, 0.3) is 0 Å². The van der Waals surface area contributed by atoms with Gasteiger partial charge in [0.05, 0.1) is 0 Å². The molecule has 0 radical (unpaired) electrons. The van der Waals surface area contributed by atoms with E-state index in [4.69, 9.17) is 21.1 Å². The molecule has 24 heavy (non-hydrogen) atoms. The Balaban J connectivity index is 1.40. The number of urea groups is 1. The second kappa shape index (κ2) is 6.24. The van der Waals surface area contributed by atoms with Gasteiger partial charge >= 0.3 is 6.03 Å². The zero-order chi connectivity index (χ0) is 16.5. The highest BCUT2D eigenvalue weighted by Crippen LogP contribution is 2.37. The van der Waals surface area contributed by atoms with Crippen molar-refractivity contribution in [3.05, 3.63) is 53.1 Å². The van der Waals surface area contributed by atoms with E-state index >= 15 is 0 Å². The predicted molar refractivity (Wildman–Crippen MR) is 92.0 cm³/mol. The number of nitrogens with one attached hydrogen (secondary N) is 1. The number of nitrogens with zero attached hydrogens (tertiary/aromatic N) is 1. The Morgan fingerprint density at radius 3 is 2.75 bits per heavy atom. The standard InChI is InChI=1S/C18H17ClN2O3/c19-14-2-4-15(5-3-14)20-18(22)21-8-7-13(10-21)12-1-6-16-17(9-12)24-11-23-16/h1-6,9,13H,7-8,10-11H2,(H,20,22). The van der Waals surface area contributed by atoms with Crippen molar-refractivity contribution >= 4 is 23.3 Å². The highest BCUT2D eigenvalue weighted by Gasteiger charge is 2.28. The Morgan fingerprint density at radius 2 is 1.92 bits per heavy atom. The van der Waals surface area contributed by atoms with E-state index in [9.17, 15) is 4.79 Å². The maximum atomic E-state index is 12.4. The van der Waals surface area contributed by atoms with Crippen LogP contribution in [-0.4, -0.2) is 30.8 Å². The molecule has 2 aliphatic rings. The molecule has 2 aromatic carbocycles. The third kappa shape index (κ3) is 2.99. The Bertz CT molecular complexity index is 763. The van der Waals surface area contributed by atoms with Crippen LogP contribution in [-0.2, 0) is 0 Å². The Hall–Kier alpha value is -2.40. The van der Waals surface area contributed by atoms with E-state index < -0.39 is 0 Å². The second-order valence-corrected chi connectivity index (χ2v) is 6.42. The molecule has 2 heterocycles. The Labute approximate surface area is 145 Å². The maximum Gasteiger partial charge on any atom is 0.321 e. The van der Waals surface area contributed by atoms with Crippen LogP contribution in [0, 0.1) is 0 Å². The van der Waals surface area contributed by atoms with Gasteiger partial charge in [-0.05, 0) is 48.4 Å². The molecule has 124 valence electrons. The summed E-state index contributed by atoms with van der Waals surface area (Å²) in [6.45, 7) is 1.71. The maximum absolute atomic E-state index is 12.4. The molecule has 1 fully saturated rings. The minimum atomic E-state index is -0.0828. The van der Waals surface area contributed by atoms with Crippen molar-refractivity contribution in [1.29, 1.82) is 0 Å². The number of hydrogen-bond donors (Lipinski definition) is 1. The van der Waals surface area contributed by atoms with Crippen LogP contribution in [0.15, 0.2) is 42.5 Å². The molecule has 1 N–H and O–H groups in total. The van der Waals surface area contributed by atoms with Crippen molar-refractivity contribution in [2.75, 3.05) is 25.2 Å². The van der Waals surface area contributed by atoms with Crippen molar-refractivity contribution in [2.24, 2.45) is 0 Å². The fourth-order valence-corrected chi connectivity index (χ4v) is 3.25. The van der Waals surface area contributed by atoms with E-state index in [1.54, 1.807) is 24.3 Å². The second-order valence-electron chi connectivity index (χ2n) is 5.98. The molecule has 2 aliphatic heterocycles. The van der Waals surface area contributed by atoms with Gasteiger partial charge < -0.3 is 19.7 Å². The van der Waals surface area contributed by atoms with Gasteiger partial charge in [-0.15, -0.1) is 0 Å². The van der Waals surface area contributed by atoms with Gasteiger partial charge in [0.2, 0.25) is 6.79 Å². The first-order valence-electron chi connectivity index (χ1n) is 7.90. The normalized spacial score (nSPS) is 18.7. The van der Waals surface area contributed by atoms with Gasteiger partial charge in [0.15, 0.2) is 11.5 Å². The van der Waals surface area contributed by atoms with Crippen molar-refractivity contribution in [1.82, 2.24) is 4.90 Å². The third-order valence-corrected chi connectivity index (χ3v) is 4.69. The summed E-state index contributed by atoms with van der Waals surface area (Å²) in [5.74, 6) is 1.89. The van der Waals surface area contributed by atoms with Crippen molar-refractivity contribution in [3.8, 4) is 11.5 Å². The van der Waals surface area contributed by atoms with Crippen LogP contribution in [0.2, 0.25) is 5.02 Å². The molecular formula is C18H17ClN2O3. The van der Waals surface area contributed by atoms with Gasteiger partial charge in [-0.1, -0.05) is 17.7 Å². The van der Waals surface area contributed by atoms with Crippen LogP contribution in [0.4, 0.5) is 10.5 Å². The summed E-state index contributed by atoms with van der Waals surface area (Å²) in [6.07, 6.45) is 0.938. The van der Waals surface area contributed by atoms with Gasteiger partial charge in [0, 0.05) is 29.7 Å². The highest BCUT2D eigenvalue weighted by molar-refractivity contribution is 6.30. The predicted octanol–water partition coefficient (Wildman–Crippen LogP) is 4.09. The molecule has 0 aromatic heterocycles. The first-order chi connectivity index (χ1) is 11.7. The van der Waals surface area contributed by atoms with E-state index in [1.807, 2.05) is 17.0 Å². The average molecular weight is 345 g/mol. The van der Waals surface area contributed by atoms with Crippen molar-refractivity contribution in [2.45, 2.75) is 12.3 Å². The Morgan fingerprint density at radius 1 is 1.12 bits per heavy atom. The molecule has 1 unspecified atom stereocenters. The van der Waals surface area contributed by atoms with Gasteiger partial charge in [-0.3, -0.25) is 0 Å². The fourth-order valence-electron chi connectivity index (χ4n) is 3.12. The molecular weight excluding hydrogens is 328 g/mol. The van der Waals surface area contributed by atoms with E-state index in [2.05, 4.69) is 11.4 Å². The number of halogens is 1. The molecule has 0 saturated carbocycles. The largest absolute Gasteiger partial charge is 0.454 e. The number of fused-ring (bicyclic) bond motifs is 1. The Kier molecular flexibility index (Phi) is 3.94. The number of amides is 2. The van der Waals surface area contributed by atoms with Crippen LogP contribution in [0.1, 0.15) is 17.9 Å². The number of carbonyl (C=O) groups is 1. The average Bonchev–Trinajstić information content (AvgIpc) is 3.25. The van der Waals surface area contributed by atoms with E-state index in [0.29, 0.717) is 17.5 Å². The molecule has 4 rings (SSSR count). The number of carbonyl (C=O) groups excluding carboxylic acids is 1. The van der Waals surface area contributed by atoms with Crippen LogP contribution in [0.3, 0.4) is 0 Å². The van der Waals surface area contributed by atoms with Crippen molar-refractivity contribution < 1.29 is 14.3 Å². The van der Waals surface area contributed by atoms with Crippen LogP contribution in [0.25, 0.3) is 0 Å². The van der Waals surface area contributed by atoms with Crippen molar-refractivity contribution in [3.63, 3.8) is 0 Å². The lowest BCUT2D eigenvalue weighted by Gasteiger charge is -2.17. The summed E-state index contributed by atoms with van der Waals surface area (Å²) in [7, 11) is 0. The molecule has 0 bridgehead atoms. The van der Waals surface area contributed by atoms with E-state index in [0.717, 1.165) is 30.2 Å². The summed E-state index contributed by atoms with van der Waals surface area (Å²) in [4.78, 5) is 14.2. The number of ether oxygens (including phenoxy) is 2. The molecule has 6 heteroatoms. The first-order valence-corrected chi connectivity index (χ1v) is 8.28. The topological polar surface area (TPSA) is 50.8 Å².